The Morgan fingerprint density at radius 3 is 2.43 bits per heavy atom. The fourth-order valence-electron chi connectivity index (χ4n) is 2.02. The summed E-state index contributed by atoms with van der Waals surface area (Å²) in [5.41, 5.74) is 6.30. The Balaban J connectivity index is 0.000000231. The molecule has 23 heavy (non-hydrogen) atoms. The van der Waals surface area contributed by atoms with Crippen molar-refractivity contribution in [3.05, 3.63) is 35.9 Å². The molecule has 1 unspecified atom stereocenters. The molecule has 2 rings (SSSR count). The van der Waals surface area contributed by atoms with Gasteiger partial charge in [0.15, 0.2) is 0 Å². The molecule has 0 saturated carbocycles. The minimum absolute atomic E-state index is 0.186. The molecule has 0 radical (unpaired) electrons. The van der Waals surface area contributed by atoms with Crippen LogP contribution in [-0.2, 0) is 16.0 Å². The van der Waals surface area contributed by atoms with E-state index < -0.39 is 12.0 Å². The number of hydrogen-bond acceptors (Lipinski definition) is 5. The summed E-state index contributed by atoms with van der Waals surface area (Å²) in [6.45, 7) is 5.55. The van der Waals surface area contributed by atoms with Gasteiger partial charge in [-0.1, -0.05) is 30.3 Å². The molecular formula is C16H25N3O4. The van der Waals surface area contributed by atoms with Gasteiger partial charge in [-0.05, 0) is 18.9 Å². The van der Waals surface area contributed by atoms with E-state index in [0.717, 1.165) is 31.7 Å². The van der Waals surface area contributed by atoms with Gasteiger partial charge in [0.1, 0.15) is 6.04 Å². The third kappa shape index (κ3) is 7.62. The molecule has 128 valence electrons. The first kappa shape index (κ1) is 18.9. The fraction of sp³-hybridized carbons (Fsp3) is 0.500. The third-order valence-electron chi connectivity index (χ3n) is 3.26. The van der Waals surface area contributed by atoms with Crippen LogP contribution in [0.25, 0.3) is 0 Å². The van der Waals surface area contributed by atoms with Gasteiger partial charge in [-0.25, -0.2) is 4.79 Å². The molecule has 1 fully saturated rings. The lowest BCUT2D eigenvalue weighted by Gasteiger charge is -2.26. The highest BCUT2D eigenvalue weighted by atomic mass is 16.6. The molecule has 1 atom stereocenters. The zero-order valence-corrected chi connectivity index (χ0v) is 13.4. The van der Waals surface area contributed by atoms with Crippen LogP contribution in [0.2, 0.25) is 0 Å². The van der Waals surface area contributed by atoms with Crippen molar-refractivity contribution < 1.29 is 19.4 Å². The van der Waals surface area contributed by atoms with Gasteiger partial charge in [0.05, 0.1) is 6.61 Å². The molecule has 1 aromatic carbocycles. The van der Waals surface area contributed by atoms with E-state index in [1.165, 1.54) is 0 Å². The quantitative estimate of drug-likeness (QED) is 0.753. The predicted octanol–water partition coefficient (Wildman–Crippen LogP) is 0.689. The van der Waals surface area contributed by atoms with Gasteiger partial charge in [-0.2, -0.15) is 0 Å². The summed E-state index contributed by atoms with van der Waals surface area (Å²) in [5, 5.41) is 11.7. The Bertz CT molecular complexity index is 475. The number of carbonyl (C=O) groups is 2. The summed E-state index contributed by atoms with van der Waals surface area (Å²) >= 11 is 0. The van der Waals surface area contributed by atoms with Crippen LogP contribution in [0.1, 0.15) is 12.5 Å². The van der Waals surface area contributed by atoms with Crippen molar-refractivity contribution >= 4 is 12.1 Å². The average Bonchev–Trinajstić information content (AvgIpc) is 2.57. The van der Waals surface area contributed by atoms with Crippen molar-refractivity contribution in [2.24, 2.45) is 5.73 Å². The molecule has 7 nitrogen and oxygen atoms in total. The lowest BCUT2D eigenvalue weighted by molar-refractivity contribution is -0.138. The number of nitrogens with one attached hydrogen (secondary N) is 1. The molecule has 1 amide bonds. The molecule has 4 N–H and O–H groups in total. The van der Waals surface area contributed by atoms with E-state index in [1.54, 1.807) is 4.90 Å². The van der Waals surface area contributed by atoms with E-state index >= 15 is 0 Å². The maximum atomic E-state index is 11.1. The molecule has 1 aromatic rings. The number of nitrogens with two attached hydrogens (primary N) is 1. The first-order valence-corrected chi connectivity index (χ1v) is 7.69. The van der Waals surface area contributed by atoms with Crippen LogP contribution in [0.15, 0.2) is 30.3 Å². The molecule has 0 bridgehead atoms. The van der Waals surface area contributed by atoms with Crippen molar-refractivity contribution in [2.45, 2.75) is 19.4 Å². The zero-order valence-electron chi connectivity index (χ0n) is 13.4. The maximum absolute atomic E-state index is 11.1. The van der Waals surface area contributed by atoms with Gasteiger partial charge in [0, 0.05) is 26.2 Å². The van der Waals surface area contributed by atoms with Crippen LogP contribution in [0.4, 0.5) is 4.79 Å². The molecule has 0 aliphatic carbocycles. The highest BCUT2D eigenvalue weighted by Crippen LogP contribution is 2.01. The summed E-state index contributed by atoms with van der Waals surface area (Å²) in [4.78, 5) is 23.2. The normalized spacial score (nSPS) is 15.1. The van der Waals surface area contributed by atoms with Crippen LogP contribution in [-0.4, -0.2) is 60.9 Å². The topological polar surface area (TPSA) is 105 Å². The lowest BCUT2D eigenvalue weighted by Crippen LogP contribution is -2.46. The smallest absolute Gasteiger partial charge is 0.409 e. The number of nitrogens with zero attached hydrogens (tertiary/aromatic N) is 1. The second kappa shape index (κ2) is 10.6. The summed E-state index contributed by atoms with van der Waals surface area (Å²) in [5.74, 6) is -0.959. The number of carboxylic acid groups (broad SMARTS) is 1. The third-order valence-corrected chi connectivity index (χ3v) is 3.26. The Kier molecular flexibility index (Phi) is 8.71. The van der Waals surface area contributed by atoms with Crippen molar-refractivity contribution in [2.75, 3.05) is 32.8 Å². The number of aliphatic carboxylic acids is 1. The number of benzene rings is 1. The second-order valence-electron chi connectivity index (χ2n) is 5.07. The molecule has 0 spiro atoms. The lowest BCUT2D eigenvalue weighted by atomic mass is 10.1. The summed E-state index contributed by atoms with van der Waals surface area (Å²) in [7, 11) is 0. The Hall–Kier alpha value is -2.12. The summed E-state index contributed by atoms with van der Waals surface area (Å²) in [6.07, 6.45) is 0.199. The molecule has 1 heterocycles. The van der Waals surface area contributed by atoms with Crippen LogP contribution >= 0.6 is 0 Å². The van der Waals surface area contributed by atoms with Crippen LogP contribution < -0.4 is 11.1 Å². The SMILES string of the molecule is CCOC(=O)N1CCNCC1.NC(Cc1ccccc1)C(=O)O. The van der Waals surface area contributed by atoms with Crippen LogP contribution in [0, 0.1) is 0 Å². The number of piperazine rings is 1. The standard InChI is InChI=1S/C9H11NO2.C7H14N2O2/c10-8(9(11)12)6-7-4-2-1-3-5-7;1-2-11-7(10)9-5-3-8-4-6-9/h1-5,8H,6,10H2,(H,11,12);8H,2-6H2,1H3. The van der Waals surface area contributed by atoms with E-state index in [1.807, 2.05) is 37.3 Å². The number of ether oxygens (including phenoxy) is 1. The highest BCUT2D eigenvalue weighted by molar-refractivity contribution is 5.73. The average molecular weight is 323 g/mol. The summed E-state index contributed by atoms with van der Waals surface area (Å²) in [6, 6.07) is 8.54. The summed E-state index contributed by atoms with van der Waals surface area (Å²) < 4.78 is 4.84. The van der Waals surface area contributed by atoms with Gasteiger partial charge in [0.25, 0.3) is 0 Å². The van der Waals surface area contributed by atoms with E-state index in [2.05, 4.69) is 5.32 Å². The number of hydrogen-bond donors (Lipinski definition) is 3. The van der Waals surface area contributed by atoms with Gasteiger partial charge in [0.2, 0.25) is 0 Å². The van der Waals surface area contributed by atoms with Gasteiger partial charge < -0.3 is 25.8 Å². The molecule has 1 aliphatic rings. The molecular weight excluding hydrogens is 298 g/mol. The fourth-order valence-corrected chi connectivity index (χ4v) is 2.02. The maximum Gasteiger partial charge on any atom is 0.409 e. The van der Waals surface area contributed by atoms with E-state index in [9.17, 15) is 9.59 Å². The first-order chi connectivity index (χ1) is 11.0. The molecule has 1 aliphatic heterocycles. The predicted molar refractivity (Wildman–Crippen MR) is 87.2 cm³/mol. The zero-order chi connectivity index (χ0) is 17.1. The van der Waals surface area contributed by atoms with E-state index in [-0.39, 0.29) is 6.09 Å². The highest BCUT2D eigenvalue weighted by Gasteiger charge is 2.16. The van der Waals surface area contributed by atoms with Crippen molar-refractivity contribution in [3.8, 4) is 0 Å². The van der Waals surface area contributed by atoms with Gasteiger partial charge in [-0.15, -0.1) is 0 Å². The van der Waals surface area contributed by atoms with Gasteiger partial charge in [-0.3, -0.25) is 4.79 Å². The first-order valence-electron chi connectivity index (χ1n) is 7.69. The number of rotatable bonds is 4. The van der Waals surface area contributed by atoms with Crippen molar-refractivity contribution in [3.63, 3.8) is 0 Å². The second-order valence-corrected chi connectivity index (χ2v) is 5.07. The Morgan fingerprint density at radius 1 is 1.30 bits per heavy atom. The largest absolute Gasteiger partial charge is 0.480 e. The Morgan fingerprint density at radius 2 is 1.91 bits per heavy atom. The van der Waals surface area contributed by atoms with Crippen molar-refractivity contribution in [1.29, 1.82) is 0 Å². The van der Waals surface area contributed by atoms with Crippen molar-refractivity contribution in [1.82, 2.24) is 10.2 Å². The number of amides is 1. The van der Waals surface area contributed by atoms with Crippen LogP contribution in [0.3, 0.4) is 0 Å². The van der Waals surface area contributed by atoms with E-state index in [4.69, 9.17) is 15.6 Å². The molecule has 7 heteroatoms. The van der Waals surface area contributed by atoms with Gasteiger partial charge >= 0.3 is 12.1 Å². The van der Waals surface area contributed by atoms with Crippen LogP contribution in [0.5, 0.6) is 0 Å². The molecule has 0 aromatic heterocycles. The monoisotopic (exact) mass is 323 g/mol. The number of carboxylic acids is 1. The number of carbonyl (C=O) groups excluding carboxylic acids is 1. The molecule has 1 saturated heterocycles. The minimum atomic E-state index is -0.959. The van der Waals surface area contributed by atoms with E-state index in [0.29, 0.717) is 13.0 Å². The minimum Gasteiger partial charge on any atom is -0.480 e. The Labute approximate surface area is 136 Å².